The number of nitrogens with zero attached hydrogens (tertiary/aromatic N) is 3. The van der Waals surface area contributed by atoms with Gasteiger partial charge in [0.15, 0.2) is 5.82 Å². The molecule has 1 saturated carbocycles. The highest BCUT2D eigenvalue weighted by Gasteiger charge is 2.32. The fourth-order valence-corrected chi connectivity index (χ4v) is 5.04. The molecular weight excluding hydrogens is 368 g/mol. The van der Waals surface area contributed by atoms with Crippen LogP contribution in [0.2, 0.25) is 0 Å². The van der Waals surface area contributed by atoms with E-state index < -0.39 is 0 Å². The predicted octanol–water partition coefficient (Wildman–Crippen LogP) is 4.56. The Labute approximate surface area is 168 Å². The van der Waals surface area contributed by atoms with Crippen molar-refractivity contribution >= 4 is 34.0 Å². The molecule has 2 aromatic heterocycles. The topological polar surface area (TPSA) is 58.1 Å². The maximum absolute atomic E-state index is 12.7. The van der Waals surface area contributed by atoms with E-state index in [1.807, 2.05) is 23.6 Å². The highest BCUT2D eigenvalue weighted by Crippen LogP contribution is 2.30. The van der Waals surface area contributed by atoms with E-state index in [1.54, 1.807) is 11.3 Å². The number of thiophene rings is 1. The summed E-state index contributed by atoms with van der Waals surface area (Å²) >= 11 is 1.65. The second-order valence-electron chi connectivity index (χ2n) is 7.82. The molecule has 0 bridgehead atoms. The second kappa shape index (κ2) is 7.51. The number of rotatable bonds is 4. The number of aromatic nitrogens is 2. The largest absolute Gasteiger partial charge is 0.365 e. The standard InChI is InChI=1S/C22H24N4OS/c27-22(15-5-1-2-6-15)26-11-9-17(13-26)23-21-18-7-3-4-8-19(18)24-20(25-21)16-10-12-28-14-16/h3-4,7-8,10,12,14-15,17H,1-2,5-6,9,11,13H2,(H,23,24,25). The van der Waals surface area contributed by atoms with Gasteiger partial charge in [-0.2, -0.15) is 11.3 Å². The van der Waals surface area contributed by atoms with Crippen molar-refractivity contribution in [3.05, 3.63) is 41.1 Å². The number of hydrogen-bond donors (Lipinski definition) is 1. The molecule has 1 aliphatic carbocycles. The molecule has 144 valence electrons. The van der Waals surface area contributed by atoms with Gasteiger partial charge in [0.05, 0.1) is 5.52 Å². The lowest BCUT2D eigenvalue weighted by atomic mass is 10.1. The number of benzene rings is 1. The van der Waals surface area contributed by atoms with Gasteiger partial charge in [-0.25, -0.2) is 9.97 Å². The first-order chi connectivity index (χ1) is 13.8. The van der Waals surface area contributed by atoms with E-state index in [0.29, 0.717) is 5.91 Å². The van der Waals surface area contributed by atoms with E-state index in [4.69, 9.17) is 9.97 Å². The molecule has 28 heavy (non-hydrogen) atoms. The molecule has 1 N–H and O–H groups in total. The van der Waals surface area contributed by atoms with E-state index >= 15 is 0 Å². The van der Waals surface area contributed by atoms with E-state index in [2.05, 4.69) is 27.7 Å². The molecule has 5 rings (SSSR count). The second-order valence-corrected chi connectivity index (χ2v) is 8.60. The molecule has 1 unspecified atom stereocenters. The van der Waals surface area contributed by atoms with E-state index in [-0.39, 0.29) is 12.0 Å². The molecule has 1 atom stereocenters. The molecule has 1 aromatic carbocycles. The van der Waals surface area contributed by atoms with Gasteiger partial charge >= 0.3 is 0 Å². The molecule has 2 fully saturated rings. The molecule has 2 aliphatic rings. The number of anilines is 1. The Morgan fingerprint density at radius 1 is 1.11 bits per heavy atom. The Bertz CT molecular complexity index is 981. The fraction of sp³-hybridized carbons (Fsp3) is 0.409. The van der Waals surface area contributed by atoms with E-state index in [0.717, 1.165) is 60.5 Å². The average Bonchev–Trinajstić information content (AvgIpc) is 3.50. The molecule has 3 aromatic rings. The Balaban J connectivity index is 1.38. The molecule has 6 heteroatoms. The Hall–Kier alpha value is -2.47. The molecule has 0 radical (unpaired) electrons. The predicted molar refractivity (Wildman–Crippen MR) is 113 cm³/mol. The van der Waals surface area contributed by atoms with Crippen LogP contribution in [0.25, 0.3) is 22.3 Å². The van der Waals surface area contributed by atoms with Crippen molar-refractivity contribution in [2.24, 2.45) is 5.92 Å². The van der Waals surface area contributed by atoms with Gasteiger partial charge in [0.1, 0.15) is 5.82 Å². The van der Waals surface area contributed by atoms with Crippen LogP contribution in [0.1, 0.15) is 32.1 Å². The maximum atomic E-state index is 12.7. The van der Waals surface area contributed by atoms with Crippen LogP contribution in [-0.2, 0) is 4.79 Å². The number of carbonyl (C=O) groups excluding carboxylic acids is 1. The third-order valence-electron chi connectivity index (χ3n) is 5.93. The summed E-state index contributed by atoms with van der Waals surface area (Å²) in [6.07, 6.45) is 5.49. The molecule has 1 saturated heterocycles. The number of para-hydroxylation sites is 1. The summed E-state index contributed by atoms with van der Waals surface area (Å²) in [6.45, 7) is 1.61. The Kier molecular flexibility index (Phi) is 4.72. The van der Waals surface area contributed by atoms with Crippen LogP contribution in [0, 0.1) is 5.92 Å². The van der Waals surface area contributed by atoms with Crippen molar-refractivity contribution in [2.75, 3.05) is 18.4 Å². The first-order valence-corrected chi connectivity index (χ1v) is 11.1. The number of amides is 1. The molecular formula is C22H24N4OS. The van der Waals surface area contributed by atoms with Crippen LogP contribution in [0.5, 0.6) is 0 Å². The third kappa shape index (κ3) is 3.37. The minimum Gasteiger partial charge on any atom is -0.365 e. The molecule has 0 spiro atoms. The van der Waals surface area contributed by atoms with Crippen molar-refractivity contribution in [3.8, 4) is 11.4 Å². The van der Waals surface area contributed by atoms with Crippen molar-refractivity contribution in [1.29, 1.82) is 0 Å². The first kappa shape index (κ1) is 17.6. The Morgan fingerprint density at radius 3 is 2.79 bits per heavy atom. The lowest BCUT2D eigenvalue weighted by Gasteiger charge is -2.21. The highest BCUT2D eigenvalue weighted by atomic mass is 32.1. The fourth-order valence-electron chi connectivity index (χ4n) is 4.41. The number of carbonyl (C=O) groups is 1. The minimum absolute atomic E-state index is 0.235. The number of fused-ring (bicyclic) bond motifs is 1. The van der Waals surface area contributed by atoms with E-state index in [9.17, 15) is 4.79 Å². The van der Waals surface area contributed by atoms with E-state index in [1.165, 1.54) is 12.8 Å². The van der Waals surface area contributed by atoms with Gasteiger partial charge in [-0.3, -0.25) is 4.79 Å². The normalized spacial score (nSPS) is 20.1. The quantitative estimate of drug-likeness (QED) is 0.707. The van der Waals surface area contributed by atoms with Crippen LogP contribution >= 0.6 is 11.3 Å². The van der Waals surface area contributed by atoms with Gasteiger partial charge in [0, 0.05) is 41.4 Å². The van der Waals surface area contributed by atoms with Crippen LogP contribution in [0.3, 0.4) is 0 Å². The monoisotopic (exact) mass is 392 g/mol. The lowest BCUT2D eigenvalue weighted by Crippen LogP contribution is -2.35. The zero-order chi connectivity index (χ0) is 18.9. The van der Waals surface area contributed by atoms with Crippen molar-refractivity contribution in [2.45, 2.75) is 38.1 Å². The number of likely N-dealkylation sites (tertiary alicyclic amines) is 1. The molecule has 1 aliphatic heterocycles. The number of nitrogens with one attached hydrogen (secondary N) is 1. The summed E-state index contributed by atoms with van der Waals surface area (Å²) in [5, 5.41) is 8.77. The summed E-state index contributed by atoms with van der Waals surface area (Å²) in [7, 11) is 0. The third-order valence-corrected chi connectivity index (χ3v) is 6.61. The minimum atomic E-state index is 0.235. The molecule has 1 amide bonds. The van der Waals surface area contributed by atoms with Crippen molar-refractivity contribution < 1.29 is 4.79 Å². The lowest BCUT2D eigenvalue weighted by molar-refractivity contribution is -0.134. The summed E-state index contributed by atoms with van der Waals surface area (Å²) in [6, 6.07) is 10.4. The number of hydrogen-bond acceptors (Lipinski definition) is 5. The van der Waals surface area contributed by atoms with Crippen LogP contribution < -0.4 is 5.32 Å². The zero-order valence-corrected chi connectivity index (χ0v) is 16.6. The van der Waals surface area contributed by atoms with Crippen molar-refractivity contribution in [1.82, 2.24) is 14.9 Å². The van der Waals surface area contributed by atoms with Crippen LogP contribution in [0.4, 0.5) is 5.82 Å². The van der Waals surface area contributed by atoms with Crippen molar-refractivity contribution in [3.63, 3.8) is 0 Å². The molecule has 5 nitrogen and oxygen atoms in total. The van der Waals surface area contributed by atoms with Gasteiger partial charge in [0.25, 0.3) is 0 Å². The highest BCUT2D eigenvalue weighted by molar-refractivity contribution is 7.08. The van der Waals surface area contributed by atoms with Crippen LogP contribution in [0.15, 0.2) is 41.1 Å². The maximum Gasteiger partial charge on any atom is 0.225 e. The van der Waals surface area contributed by atoms with Gasteiger partial charge in [-0.05, 0) is 42.8 Å². The smallest absolute Gasteiger partial charge is 0.225 e. The Morgan fingerprint density at radius 2 is 1.96 bits per heavy atom. The summed E-state index contributed by atoms with van der Waals surface area (Å²) < 4.78 is 0. The van der Waals surface area contributed by atoms with Gasteiger partial charge < -0.3 is 10.2 Å². The summed E-state index contributed by atoms with van der Waals surface area (Å²) in [5.74, 6) is 2.23. The summed E-state index contributed by atoms with van der Waals surface area (Å²) in [4.78, 5) is 24.4. The van der Waals surface area contributed by atoms with Gasteiger partial charge in [-0.1, -0.05) is 25.0 Å². The molecule has 3 heterocycles. The van der Waals surface area contributed by atoms with Crippen LogP contribution in [-0.4, -0.2) is 39.9 Å². The first-order valence-electron chi connectivity index (χ1n) is 10.1. The van der Waals surface area contributed by atoms with Gasteiger partial charge in [-0.15, -0.1) is 0 Å². The van der Waals surface area contributed by atoms with Gasteiger partial charge in [0.2, 0.25) is 5.91 Å². The zero-order valence-electron chi connectivity index (χ0n) is 15.8. The SMILES string of the molecule is O=C(C1CCCC1)N1CCC(Nc2nc(-c3ccsc3)nc3ccccc23)C1. The summed E-state index contributed by atoms with van der Waals surface area (Å²) in [5.41, 5.74) is 1.99. The average molecular weight is 393 g/mol.